The van der Waals surface area contributed by atoms with Crippen molar-refractivity contribution in [3.05, 3.63) is 59.7 Å². The fraction of sp³-hybridized carbons (Fsp3) is 0. The first kappa shape index (κ1) is 16.0. The number of carboxylic acids is 1. The molecule has 0 radical (unpaired) electrons. The van der Waals surface area contributed by atoms with Gasteiger partial charge in [0.05, 0.1) is 10.5 Å². The molecular weight excluding hydrogens is 330 g/mol. The van der Waals surface area contributed by atoms with Crippen LogP contribution >= 0.6 is 10.7 Å². The van der Waals surface area contributed by atoms with E-state index >= 15 is 0 Å². The number of aromatic carboxylic acids is 1. The number of carboxylic acid groups (broad SMARTS) is 1. The van der Waals surface area contributed by atoms with Gasteiger partial charge in [-0.05, 0) is 42.5 Å². The second-order valence-corrected chi connectivity index (χ2v) is 6.87. The molecule has 0 atom stereocenters. The monoisotopic (exact) mass is 339 g/mol. The Morgan fingerprint density at radius 2 is 1.59 bits per heavy atom. The minimum Gasteiger partial charge on any atom is -0.478 e. The first-order valence-electron chi connectivity index (χ1n) is 5.97. The van der Waals surface area contributed by atoms with Gasteiger partial charge in [-0.2, -0.15) is 0 Å². The van der Waals surface area contributed by atoms with Gasteiger partial charge in [-0.15, -0.1) is 0 Å². The number of benzene rings is 2. The second-order valence-electron chi connectivity index (χ2n) is 4.30. The average molecular weight is 340 g/mol. The Labute approximate surface area is 130 Å². The van der Waals surface area contributed by atoms with Crippen LogP contribution in [0.15, 0.2) is 53.4 Å². The standard InChI is InChI=1S/C14H10ClNO5S/c15-22(20,21)12-3-1-2-11(8-12)16-13(17)9-4-6-10(7-5-9)14(18)19/h1-8H,(H,16,17)(H,18,19). The first-order valence-corrected chi connectivity index (χ1v) is 8.28. The van der Waals surface area contributed by atoms with Crippen LogP contribution in [0.25, 0.3) is 0 Å². The van der Waals surface area contributed by atoms with Gasteiger partial charge in [0.1, 0.15) is 0 Å². The number of nitrogens with one attached hydrogen (secondary N) is 1. The maximum atomic E-state index is 12.0. The van der Waals surface area contributed by atoms with E-state index in [-0.39, 0.29) is 21.7 Å². The summed E-state index contributed by atoms with van der Waals surface area (Å²) in [6, 6.07) is 10.8. The maximum absolute atomic E-state index is 12.0. The Morgan fingerprint density at radius 3 is 2.14 bits per heavy atom. The van der Waals surface area contributed by atoms with Crippen LogP contribution in [0.4, 0.5) is 5.69 Å². The molecule has 8 heteroatoms. The number of hydrogen-bond donors (Lipinski definition) is 2. The summed E-state index contributed by atoms with van der Waals surface area (Å²) in [6.07, 6.45) is 0. The zero-order valence-corrected chi connectivity index (χ0v) is 12.6. The highest BCUT2D eigenvalue weighted by Crippen LogP contribution is 2.19. The number of amides is 1. The van der Waals surface area contributed by atoms with Gasteiger partial charge < -0.3 is 10.4 Å². The van der Waals surface area contributed by atoms with Crippen molar-refractivity contribution < 1.29 is 23.1 Å². The van der Waals surface area contributed by atoms with E-state index in [2.05, 4.69) is 5.32 Å². The zero-order valence-electron chi connectivity index (χ0n) is 11.0. The summed E-state index contributed by atoms with van der Waals surface area (Å²) in [7, 11) is 1.35. The lowest BCUT2D eigenvalue weighted by Crippen LogP contribution is -2.12. The largest absolute Gasteiger partial charge is 0.478 e. The fourth-order valence-electron chi connectivity index (χ4n) is 1.69. The lowest BCUT2D eigenvalue weighted by atomic mass is 10.1. The third-order valence-corrected chi connectivity index (χ3v) is 4.12. The van der Waals surface area contributed by atoms with Crippen molar-refractivity contribution in [2.45, 2.75) is 4.90 Å². The molecule has 1 amide bonds. The molecule has 0 aliphatic heterocycles. The molecule has 0 aliphatic rings. The van der Waals surface area contributed by atoms with E-state index in [9.17, 15) is 18.0 Å². The van der Waals surface area contributed by atoms with E-state index in [4.69, 9.17) is 15.8 Å². The number of halogens is 1. The molecule has 0 bridgehead atoms. The van der Waals surface area contributed by atoms with Crippen LogP contribution in [0.5, 0.6) is 0 Å². The topological polar surface area (TPSA) is 101 Å². The van der Waals surface area contributed by atoms with Crippen LogP contribution < -0.4 is 5.32 Å². The highest BCUT2D eigenvalue weighted by Gasteiger charge is 2.12. The first-order chi connectivity index (χ1) is 10.3. The minimum atomic E-state index is -3.89. The number of carbonyl (C=O) groups is 2. The predicted octanol–water partition coefficient (Wildman–Crippen LogP) is 2.56. The summed E-state index contributed by atoms with van der Waals surface area (Å²) in [4.78, 5) is 22.6. The van der Waals surface area contributed by atoms with Crippen LogP contribution in [0.3, 0.4) is 0 Å². The summed E-state index contributed by atoms with van der Waals surface area (Å²) in [6.45, 7) is 0. The molecule has 0 saturated carbocycles. The van der Waals surface area contributed by atoms with Crippen LogP contribution in [-0.4, -0.2) is 25.4 Å². The van der Waals surface area contributed by atoms with Crippen molar-refractivity contribution in [2.24, 2.45) is 0 Å². The van der Waals surface area contributed by atoms with E-state index < -0.39 is 20.9 Å². The molecule has 0 fully saturated rings. The molecule has 0 aliphatic carbocycles. The lowest BCUT2D eigenvalue weighted by Gasteiger charge is -2.06. The number of rotatable bonds is 4. The Balaban J connectivity index is 2.20. The maximum Gasteiger partial charge on any atom is 0.335 e. The van der Waals surface area contributed by atoms with Crippen molar-refractivity contribution in [3.8, 4) is 0 Å². The summed E-state index contributed by atoms with van der Waals surface area (Å²) >= 11 is 0. The minimum absolute atomic E-state index is 0.0618. The molecule has 2 N–H and O–H groups in total. The van der Waals surface area contributed by atoms with Crippen LogP contribution in [0, 0.1) is 0 Å². The molecule has 22 heavy (non-hydrogen) atoms. The molecule has 2 rings (SSSR count). The molecule has 2 aromatic rings. The summed E-state index contributed by atoms with van der Waals surface area (Å²) in [5, 5.41) is 11.3. The normalized spacial score (nSPS) is 11.0. The second kappa shape index (κ2) is 6.17. The third kappa shape index (κ3) is 3.84. The zero-order chi connectivity index (χ0) is 16.3. The van der Waals surface area contributed by atoms with Gasteiger partial charge in [0.15, 0.2) is 0 Å². The van der Waals surface area contributed by atoms with E-state index in [1.807, 2.05) is 0 Å². The molecule has 0 spiro atoms. The number of anilines is 1. The molecular formula is C14H10ClNO5S. The van der Waals surface area contributed by atoms with Crippen LogP contribution in [0.1, 0.15) is 20.7 Å². The van der Waals surface area contributed by atoms with Crippen molar-refractivity contribution >= 4 is 37.3 Å². The van der Waals surface area contributed by atoms with Crippen LogP contribution in [-0.2, 0) is 9.05 Å². The Bertz CT molecular complexity index is 831. The van der Waals surface area contributed by atoms with E-state index in [0.29, 0.717) is 0 Å². The van der Waals surface area contributed by atoms with Crippen molar-refractivity contribution in [2.75, 3.05) is 5.32 Å². The highest BCUT2D eigenvalue weighted by molar-refractivity contribution is 8.13. The van der Waals surface area contributed by atoms with Gasteiger partial charge in [-0.3, -0.25) is 4.79 Å². The average Bonchev–Trinajstić information content (AvgIpc) is 2.46. The van der Waals surface area contributed by atoms with Crippen molar-refractivity contribution in [1.82, 2.24) is 0 Å². The summed E-state index contributed by atoms with van der Waals surface area (Å²) in [5.41, 5.74) is 0.560. The van der Waals surface area contributed by atoms with Gasteiger partial charge in [0.25, 0.3) is 15.0 Å². The molecule has 2 aromatic carbocycles. The van der Waals surface area contributed by atoms with Gasteiger partial charge >= 0.3 is 5.97 Å². The molecule has 6 nitrogen and oxygen atoms in total. The van der Waals surface area contributed by atoms with E-state index in [0.717, 1.165) is 0 Å². The van der Waals surface area contributed by atoms with E-state index in [1.165, 1.54) is 48.5 Å². The number of carbonyl (C=O) groups excluding carboxylic acids is 1. The molecule has 0 aromatic heterocycles. The molecule has 0 unspecified atom stereocenters. The van der Waals surface area contributed by atoms with Crippen LogP contribution in [0.2, 0.25) is 0 Å². The Kier molecular flexibility index (Phi) is 4.48. The highest BCUT2D eigenvalue weighted by atomic mass is 35.7. The number of hydrogen-bond acceptors (Lipinski definition) is 4. The molecule has 0 heterocycles. The predicted molar refractivity (Wildman–Crippen MR) is 80.8 cm³/mol. The van der Waals surface area contributed by atoms with Crippen molar-refractivity contribution in [3.63, 3.8) is 0 Å². The Hall–Kier alpha value is -2.38. The smallest absolute Gasteiger partial charge is 0.335 e. The summed E-state index contributed by atoms with van der Waals surface area (Å²) < 4.78 is 22.5. The van der Waals surface area contributed by atoms with E-state index in [1.54, 1.807) is 0 Å². The van der Waals surface area contributed by atoms with Gasteiger partial charge in [0, 0.05) is 21.9 Å². The van der Waals surface area contributed by atoms with Gasteiger partial charge in [-0.25, -0.2) is 13.2 Å². The quantitative estimate of drug-likeness (QED) is 0.834. The molecule has 0 saturated heterocycles. The third-order valence-electron chi connectivity index (χ3n) is 2.77. The SMILES string of the molecule is O=C(O)c1ccc(C(=O)Nc2cccc(S(=O)(=O)Cl)c2)cc1. The van der Waals surface area contributed by atoms with Crippen molar-refractivity contribution in [1.29, 1.82) is 0 Å². The van der Waals surface area contributed by atoms with Gasteiger partial charge in [0.2, 0.25) is 0 Å². The van der Waals surface area contributed by atoms with Gasteiger partial charge in [-0.1, -0.05) is 6.07 Å². The fourth-order valence-corrected chi connectivity index (χ4v) is 2.49. The molecule has 114 valence electrons. The Morgan fingerprint density at radius 1 is 1.00 bits per heavy atom. The lowest BCUT2D eigenvalue weighted by molar-refractivity contribution is 0.0696. The summed E-state index contributed by atoms with van der Waals surface area (Å²) in [5.74, 6) is -1.59.